The Kier molecular flexibility index (Phi) is 7.42. The van der Waals surface area contributed by atoms with E-state index in [-0.39, 0.29) is 0 Å². The van der Waals surface area contributed by atoms with Gasteiger partial charge < -0.3 is 0 Å². The third kappa shape index (κ3) is 4.38. The zero-order valence-electron chi connectivity index (χ0n) is 17.7. The first kappa shape index (κ1) is 20.1. The highest BCUT2D eigenvalue weighted by molar-refractivity contribution is 7.64. The van der Waals surface area contributed by atoms with Crippen LogP contribution in [0.1, 0.15) is 117 Å². The van der Waals surface area contributed by atoms with Gasteiger partial charge in [-0.2, -0.15) is 0 Å². The topological polar surface area (TPSA) is 0 Å². The summed E-state index contributed by atoms with van der Waals surface area (Å²) in [6, 6.07) is 0. The average Bonchev–Trinajstić information content (AvgIpc) is 3.42. The molecule has 0 bridgehead atoms. The summed E-state index contributed by atoms with van der Waals surface area (Å²) < 4.78 is 0. The van der Waals surface area contributed by atoms with E-state index in [1.54, 1.807) is 103 Å². The quantitative estimate of drug-likeness (QED) is 0.380. The summed E-state index contributed by atoms with van der Waals surface area (Å²) in [6.07, 6.45) is 25.2. The SMILES string of the molecule is CC(C(C)P(C1CCCC1)C1CCCC1)P(C1CCCC1)C1CCCC1. The highest BCUT2D eigenvalue weighted by Crippen LogP contribution is 2.68. The largest absolute Gasteiger partial charge is 0.0968 e. The molecule has 0 aliphatic heterocycles. The van der Waals surface area contributed by atoms with Crippen molar-refractivity contribution >= 4 is 15.8 Å². The minimum absolute atomic E-state index is 0.291. The zero-order chi connectivity index (χ0) is 17.9. The van der Waals surface area contributed by atoms with Crippen LogP contribution in [0, 0.1) is 0 Å². The molecule has 0 saturated heterocycles. The molecule has 4 aliphatic rings. The average molecular weight is 395 g/mol. The van der Waals surface area contributed by atoms with Gasteiger partial charge in [-0.3, -0.25) is 0 Å². The maximum absolute atomic E-state index is 2.77. The molecule has 0 nitrogen and oxygen atoms in total. The van der Waals surface area contributed by atoms with Crippen LogP contribution in [0.3, 0.4) is 0 Å². The third-order valence-corrected chi connectivity index (χ3v) is 17.1. The molecule has 4 aliphatic carbocycles. The zero-order valence-corrected chi connectivity index (χ0v) is 19.5. The van der Waals surface area contributed by atoms with E-state index in [1.165, 1.54) is 0 Å². The van der Waals surface area contributed by atoms with E-state index in [1.807, 2.05) is 0 Å². The first-order chi connectivity index (χ1) is 12.8. The molecular weight excluding hydrogens is 350 g/mol. The van der Waals surface area contributed by atoms with Crippen LogP contribution in [0.25, 0.3) is 0 Å². The first-order valence-electron chi connectivity index (χ1n) is 12.3. The number of rotatable bonds is 7. The summed E-state index contributed by atoms with van der Waals surface area (Å²) >= 11 is 0. The molecule has 0 radical (unpaired) electrons. The Hall–Kier alpha value is 0.860. The van der Waals surface area contributed by atoms with Crippen LogP contribution in [-0.2, 0) is 0 Å². The Morgan fingerprint density at radius 3 is 0.808 bits per heavy atom. The van der Waals surface area contributed by atoms with Crippen molar-refractivity contribution in [3.05, 3.63) is 0 Å². The van der Waals surface area contributed by atoms with E-state index >= 15 is 0 Å². The number of hydrogen-bond donors (Lipinski definition) is 0. The van der Waals surface area contributed by atoms with E-state index in [0.717, 1.165) is 34.0 Å². The maximum atomic E-state index is 2.77. The van der Waals surface area contributed by atoms with E-state index in [9.17, 15) is 0 Å². The van der Waals surface area contributed by atoms with E-state index in [2.05, 4.69) is 13.8 Å². The predicted molar refractivity (Wildman–Crippen MR) is 122 cm³/mol. The van der Waals surface area contributed by atoms with Crippen LogP contribution in [0.4, 0.5) is 0 Å². The first-order valence-corrected chi connectivity index (χ1v) is 15.4. The van der Waals surface area contributed by atoms with Gasteiger partial charge in [-0.25, -0.2) is 0 Å². The molecule has 2 atom stereocenters. The summed E-state index contributed by atoms with van der Waals surface area (Å²) in [5.41, 5.74) is 6.79. The van der Waals surface area contributed by atoms with Crippen molar-refractivity contribution in [1.82, 2.24) is 0 Å². The lowest BCUT2D eigenvalue weighted by molar-refractivity contribution is 0.753. The van der Waals surface area contributed by atoms with Crippen molar-refractivity contribution in [2.24, 2.45) is 0 Å². The second-order valence-corrected chi connectivity index (χ2v) is 16.5. The van der Waals surface area contributed by atoms with Gasteiger partial charge in [0, 0.05) is 0 Å². The van der Waals surface area contributed by atoms with Crippen LogP contribution in [-0.4, -0.2) is 34.0 Å². The molecule has 0 aromatic carbocycles. The standard InChI is InChI=1S/C24H44P2/c1-19(25(21-11-3-4-12-21)22-13-5-6-14-22)20(2)26(23-15-7-8-16-23)24-17-9-10-18-24/h19-24H,3-18H2,1-2H3. The van der Waals surface area contributed by atoms with Gasteiger partial charge in [0.15, 0.2) is 0 Å². The molecule has 0 aromatic heterocycles. The molecule has 0 aromatic rings. The van der Waals surface area contributed by atoms with Gasteiger partial charge in [0.25, 0.3) is 0 Å². The van der Waals surface area contributed by atoms with Crippen molar-refractivity contribution in [1.29, 1.82) is 0 Å². The smallest absolute Gasteiger partial charge is 0.0167 e. The monoisotopic (exact) mass is 394 g/mol. The Bertz CT molecular complexity index is 340. The van der Waals surface area contributed by atoms with Crippen LogP contribution in [0.2, 0.25) is 0 Å². The van der Waals surface area contributed by atoms with Gasteiger partial charge in [0.1, 0.15) is 0 Å². The lowest BCUT2D eigenvalue weighted by atomic mass is 10.3. The van der Waals surface area contributed by atoms with Crippen molar-refractivity contribution < 1.29 is 0 Å². The molecule has 2 unspecified atom stereocenters. The van der Waals surface area contributed by atoms with Crippen LogP contribution in [0.5, 0.6) is 0 Å². The summed E-state index contributed by atoms with van der Waals surface area (Å²) in [6.45, 7) is 5.54. The Balaban J connectivity index is 1.52. The van der Waals surface area contributed by atoms with Gasteiger partial charge in [0.05, 0.1) is 0 Å². The predicted octanol–water partition coefficient (Wildman–Crippen LogP) is 8.50. The minimum atomic E-state index is 0.291. The van der Waals surface area contributed by atoms with Gasteiger partial charge in [-0.05, 0) is 85.3 Å². The third-order valence-electron chi connectivity index (χ3n) is 8.62. The summed E-state index contributed by atoms with van der Waals surface area (Å²) in [7, 11) is 0.583. The molecule has 0 spiro atoms. The second kappa shape index (κ2) is 9.57. The van der Waals surface area contributed by atoms with Gasteiger partial charge in [-0.1, -0.05) is 81.1 Å². The molecular formula is C24H44P2. The fraction of sp³-hybridized carbons (Fsp3) is 1.00. The highest BCUT2D eigenvalue weighted by Gasteiger charge is 2.43. The molecule has 0 heterocycles. The Morgan fingerprint density at radius 1 is 0.423 bits per heavy atom. The van der Waals surface area contributed by atoms with Crippen molar-refractivity contribution in [3.63, 3.8) is 0 Å². The molecule has 0 N–H and O–H groups in total. The van der Waals surface area contributed by atoms with Crippen molar-refractivity contribution in [3.8, 4) is 0 Å². The lowest BCUT2D eigenvalue weighted by Gasteiger charge is -2.44. The highest BCUT2D eigenvalue weighted by atomic mass is 31.1. The van der Waals surface area contributed by atoms with E-state index in [0.29, 0.717) is 15.8 Å². The van der Waals surface area contributed by atoms with Crippen LogP contribution in [0.15, 0.2) is 0 Å². The molecule has 4 saturated carbocycles. The van der Waals surface area contributed by atoms with Crippen LogP contribution >= 0.6 is 15.8 Å². The van der Waals surface area contributed by atoms with Crippen molar-refractivity contribution in [2.45, 2.75) is 151 Å². The summed E-state index contributed by atoms with van der Waals surface area (Å²) in [5, 5.41) is 0. The van der Waals surface area contributed by atoms with Gasteiger partial charge >= 0.3 is 0 Å². The van der Waals surface area contributed by atoms with Gasteiger partial charge in [0.2, 0.25) is 0 Å². The molecule has 4 fully saturated rings. The Labute approximate surface area is 166 Å². The molecule has 150 valence electrons. The second-order valence-electron chi connectivity index (χ2n) is 10.1. The van der Waals surface area contributed by atoms with Crippen molar-refractivity contribution in [2.75, 3.05) is 0 Å². The van der Waals surface area contributed by atoms with E-state index < -0.39 is 0 Å². The molecule has 0 amide bonds. The summed E-state index contributed by atoms with van der Waals surface area (Å²) in [5.74, 6) is 0. The minimum Gasteiger partial charge on any atom is -0.0968 e. The fourth-order valence-corrected chi connectivity index (χ4v) is 16.9. The fourth-order valence-electron chi connectivity index (χ4n) is 7.23. The molecule has 2 heteroatoms. The van der Waals surface area contributed by atoms with Crippen LogP contribution < -0.4 is 0 Å². The molecule has 4 rings (SSSR count). The number of hydrogen-bond acceptors (Lipinski definition) is 0. The van der Waals surface area contributed by atoms with E-state index in [4.69, 9.17) is 0 Å². The van der Waals surface area contributed by atoms with Gasteiger partial charge in [-0.15, -0.1) is 0 Å². The summed E-state index contributed by atoms with van der Waals surface area (Å²) in [4.78, 5) is 0. The lowest BCUT2D eigenvalue weighted by Crippen LogP contribution is -2.30. The maximum Gasteiger partial charge on any atom is -0.0167 e. The Morgan fingerprint density at radius 2 is 0.615 bits per heavy atom. The molecule has 26 heavy (non-hydrogen) atoms. The normalized spacial score (nSPS) is 29.5.